The number of nitrogens with two attached hydrogens (primary N) is 1. The molecule has 0 fully saturated rings. The molecule has 7 N–H and O–H groups in total. The summed E-state index contributed by atoms with van der Waals surface area (Å²) in [6.07, 6.45) is -5.14. The predicted molar refractivity (Wildman–Crippen MR) is 209 cm³/mol. The van der Waals surface area contributed by atoms with Gasteiger partial charge < -0.3 is 31.7 Å². The van der Waals surface area contributed by atoms with Crippen LogP contribution in [0.4, 0.5) is 37.7 Å². The molecule has 0 aliphatic rings. The zero-order valence-corrected chi connectivity index (χ0v) is 33.3. The summed E-state index contributed by atoms with van der Waals surface area (Å²) in [6.45, 7) is 6.65. The maximum absolute atomic E-state index is 12.9. The van der Waals surface area contributed by atoms with Crippen LogP contribution in [0.1, 0.15) is 105 Å². The number of nitrogens with one attached hydrogen (secondary N) is 2. The SMILES string of the molecule is CC(C)(O)CCc1cc2cc(NC(=O)c3cccc(C(F)(F)F)n3)c(C(=O)O)cn2n1.CC(C)(O)CCc1cc2cc(NC(=O)c3cccc(C(F)(F)F)n3)c(C(N)=O)cn2n1. The summed E-state index contributed by atoms with van der Waals surface area (Å²) >= 11 is 0. The van der Waals surface area contributed by atoms with E-state index in [4.69, 9.17) is 5.73 Å². The molecule has 0 aliphatic carbocycles. The first-order valence-electron chi connectivity index (χ1n) is 18.4. The summed E-state index contributed by atoms with van der Waals surface area (Å²) in [5.74, 6) is -4.13. The number of fused-ring (bicyclic) bond motifs is 2. The lowest BCUT2D eigenvalue weighted by Gasteiger charge is -2.15. The van der Waals surface area contributed by atoms with Crippen molar-refractivity contribution in [2.24, 2.45) is 5.73 Å². The van der Waals surface area contributed by atoms with Crippen molar-refractivity contribution in [1.29, 1.82) is 0 Å². The van der Waals surface area contributed by atoms with Crippen molar-refractivity contribution in [3.8, 4) is 0 Å². The minimum atomic E-state index is -4.72. The molecule has 6 aromatic rings. The third-order valence-electron chi connectivity index (χ3n) is 8.82. The molecule has 328 valence electrons. The predicted octanol–water partition coefficient (Wildman–Crippen LogP) is 6.20. The van der Waals surface area contributed by atoms with E-state index in [0.717, 1.165) is 36.4 Å². The molecule has 22 heteroatoms. The molecule has 62 heavy (non-hydrogen) atoms. The van der Waals surface area contributed by atoms with E-state index >= 15 is 0 Å². The van der Waals surface area contributed by atoms with Crippen LogP contribution in [-0.2, 0) is 25.2 Å². The van der Waals surface area contributed by atoms with Gasteiger partial charge in [0.15, 0.2) is 0 Å². The fourth-order valence-corrected chi connectivity index (χ4v) is 5.68. The number of hydrogen-bond acceptors (Lipinski definition) is 10. The van der Waals surface area contributed by atoms with Gasteiger partial charge in [0.05, 0.1) is 50.6 Å². The van der Waals surface area contributed by atoms with Crippen molar-refractivity contribution >= 4 is 46.1 Å². The summed E-state index contributed by atoms with van der Waals surface area (Å²) in [5.41, 5.74) is 1.92. The van der Waals surface area contributed by atoms with E-state index in [1.165, 1.54) is 33.6 Å². The number of hydrogen-bond donors (Lipinski definition) is 6. The van der Waals surface area contributed by atoms with E-state index in [2.05, 4.69) is 30.8 Å². The number of alkyl halides is 6. The van der Waals surface area contributed by atoms with Crippen LogP contribution in [0, 0.1) is 0 Å². The van der Waals surface area contributed by atoms with Gasteiger partial charge in [0, 0.05) is 12.4 Å². The lowest BCUT2D eigenvalue weighted by Crippen LogP contribution is -2.21. The molecule has 0 aliphatic heterocycles. The lowest BCUT2D eigenvalue weighted by molar-refractivity contribution is -0.142. The Morgan fingerprint density at radius 2 is 1.03 bits per heavy atom. The number of pyridine rings is 4. The molecule has 3 amide bonds. The van der Waals surface area contributed by atoms with Crippen LogP contribution < -0.4 is 16.4 Å². The minimum absolute atomic E-state index is 0.0122. The van der Waals surface area contributed by atoms with E-state index in [1.54, 1.807) is 39.8 Å². The number of aromatic nitrogens is 6. The molecular weight excluding hydrogens is 832 g/mol. The second-order valence-electron chi connectivity index (χ2n) is 15.2. The zero-order chi connectivity index (χ0) is 45.9. The molecule has 6 heterocycles. The Bertz CT molecular complexity index is 2480. The van der Waals surface area contributed by atoms with Crippen LogP contribution >= 0.6 is 0 Å². The van der Waals surface area contributed by atoms with Gasteiger partial charge in [-0.3, -0.25) is 14.4 Å². The van der Waals surface area contributed by atoms with Crippen LogP contribution in [0.25, 0.3) is 11.0 Å². The fraction of sp³-hybridized carbons (Fsp3) is 0.300. The van der Waals surface area contributed by atoms with E-state index in [9.17, 15) is 60.8 Å². The number of aliphatic hydroxyl groups is 2. The molecule has 0 atom stereocenters. The van der Waals surface area contributed by atoms with Gasteiger partial charge in [-0.05, 0) is 102 Å². The Labute approximate surface area is 347 Å². The third-order valence-corrected chi connectivity index (χ3v) is 8.82. The molecule has 0 spiro atoms. The molecular formula is C40H39F6N9O7. The number of carboxylic acids is 1. The van der Waals surface area contributed by atoms with Crippen molar-refractivity contribution < 1.29 is 60.8 Å². The quantitative estimate of drug-likeness (QED) is 0.0757. The number of rotatable bonds is 12. The van der Waals surface area contributed by atoms with Gasteiger partial charge in [-0.25, -0.2) is 23.8 Å². The van der Waals surface area contributed by atoms with Gasteiger partial charge in [-0.2, -0.15) is 36.5 Å². The first-order valence-corrected chi connectivity index (χ1v) is 18.4. The van der Waals surface area contributed by atoms with Gasteiger partial charge >= 0.3 is 18.3 Å². The number of nitrogens with zero attached hydrogens (tertiary/aromatic N) is 6. The maximum atomic E-state index is 12.9. The van der Waals surface area contributed by atoms with Gasteiger partial charge in [-0.1, -0.05) is 12.1 Å². The van der Waals surface area contributed by atoms with E-state index in [1.807, 2.05) is 0 Å². The molecule has 0 saturated heterocycles. The highest BCUT2D eigenvalue weighted by Gasteiger charge is 2.34. The van der Waals surface area contributed by atoms with E-state index in [-0.39, 0.29) is 22.5 Å². The summed E-state index contributed by atoms with van der Waals surface area (Å²) in [4.78, 5) is 55.1. The number of carbonyl (C=O) groups is 4. The van der Waals surface area contributed by atoms with Crippen LogP contribution in [0.3, 0.4) is 0 Å². The first-order chi connectivity index (χ1) is 28.7. The van der Waals surface area contributed by atoms with Gasteiger partial charge in [-0.15, -0.1) is 0 Å². The number of carboxylic acid groups (broad SMARTS) is 1. The summed E-state index contributed by atoms with van der Waals surface area (Å²) in [6, 6.07) is 12.0. The molecule has 0 radical (unpaired) electrons. The Hall–Kier alpha value is -6.94. The number of aryl methyl sites for hydroxylation is 2. The molecule has 0 bridgehead atoms. The van der Waals surface area contributed by atoms with Crippen LogP contribution in [0.5, 0.6) is 0 Å². The fourth-order valence-electron chi connectivity index (χ4n) is 5.68. The van der Waals surface area contributed by atoms with Crippen LogP contribution in [0.2, 0.25) is 0 Å². The molecule has 6 aromatic heterocycles. The number of anilines is 2. The number of carbonyl (C=O) groups excluding carboxylic acids is 3. The lowest BCUT2D eigenvalue weighted by atomic mass is 10.0. The normalized spacial score (nSPS) is 12.2. The highest BCUT2D eigenvalue weighted by molar-refractivity contribution is 6.08. The van der Waals surface area contributed by atoms with Crippen LogP contribution in [0.15, 0.2) is 73.1 Å². The molecule has 16 nitrogen and oxygen atoms in total. The topological polar surface area (TPSA) is 239 Å². The van der Waals surface area contributed by atoms with Crippen molar-refractivity contribution in [1.82, 2.24) is 29.2 Å². The van der Waals surface area contributed by atoms with Gasteiger partial charge in [0.2, 0.25) is 0 Å². The van der Waals surface area contributed by atoms with E-state index in [0.29, 0.717) is 48.1 Å². The van der Waals surface area contributed by atoms with Crippen molar-refractivity contribution in [2.75, 3.05) is 10.6 Å². The standard InChI is InChI=1S/C20H20F3N5O3.C20H19F3N4O4/c1-19(2,31)7-6-11-8-12-9-15(13(17(24)29)10-28(12)27-11)26-18(30)14-4-3-5-16(25-14)20(21,22)23;1-19(2,31)7-6-11-8-12-9-15(13(18(29)30)10-27(12)26-11)25-17(28)14-4-3-5-16(24-14)20(21,22)23/h3-5,8-10,31H,6-7H2,1-2H3,(H2,24,29)(H,26,30);3-5,8-10,31H,6-7H2,1-2H3,(H,25,28)(H,29,30). The average Bonchev–Trinajstić information content (AvgIpc) is 3.77. The first kappa shape index (κ1) is 46.1. The minimum Gasteiger partial charge on any atom is -0.478 e. The highest BCUT2D eigenvalue weighted by atomic mass is 19.4. The van der Waals surface area contributed by atoms with Crippen LogP contribution in [-0.4, -0.2) is 79.4 Å². The number of primary amides is 1. The summed E-state index contributed by atoms with van der Waals surface area (Å²) < 4.78 is 79.8. The van der Waals surface area contributed by atoms with Crippen molar-refractivity contribution in [3.63, 3.8) is 0 Å². The summed E-state index contributed by atoms with van der Waals surface area (Å²) in [7, 11) is 0. The number of halogens is 6. The van der Waals surface area contributed by atoms with Gasteiger partial charge in [0.25, 0.3) is 17.7 Å². The second-order valence-corrected chi connectivity index (χ2v) is 15.2. The Morgan fingerprint density at radius 1 is 0.645 bits per heavy atom. The Balaban J connectivity index is 0.000000234. The Morgan fingerprint density at radius 3 is 1.39 bits per heavy atom. The third kappa shape index (κ3) is 12.1. The smallest absolute Gasteiger partial charge is 0.433 e. The average molecular weight is 872 g/mol. The summed E-state index contributed by atoms with van der Waals surface area (Å²) in [5, 5.41) is 42.5. The van der Waals surface area contributed by atoms with E-state index < -0.39 is 70.0 Å². The highest BCUT2D eigenvalue weighted by Crippen LogP contribution is 2.29. The second kappa shape index (κ2) is 17.6. The number of amides is 3. The van der Waals surface area contributed by atoms with Crippen molar-refractivity contribution in [3.05, 3.63) is 118 Å². The molecule has 0 aromatic carbocycles. The largest absolute Gasteiger partial charge is 0.478 e. The zero-order valence-electron chi connectivity index (χ0n) is 33.3. The molecule has 0 saturated carbocycles. The number of aromatic carboxylic acids is 1. The Kier molecular flexibility index (Phi) is 13.1. The van der Waals surface area contributed by atoms with Gasteiger partial charge in [0.1, 0.15) is 28.3 Å². The molecule has 0 unspecified atom stereocenters. The van der Waals surface area contributed by atoms with Crippen molar-refractivity contribution in [2.45, 2.75) is 76.9 Å². The molecule has 6 rings (SSSR count). The monoisotopic (exact) mass is 871 g/mol. The maximum Gasteiger partial charge on any atom is 0.433 e.